The van der Waals surface area contributed by atoms with E-state index in [1.807, 2.05) is 0 Å². The van der Waals surface area contributed by atoms with Gasteiger partial charge >= 0.3 is 0 Å². The van der Waals surface area contributed by atoms with Gasteiger partial charge in [0.1, 0.15) is 18.0 Å². The number of terminal acetylenes is 1. The lowest BCUT2D eigenvalue weighted by Gasteiger charge is -2.52. The molecule has 5 atom stereocenters. The Morgan fingerprint density at radius 1 is 1.36 bits per heavy atom. The summed E-state index contributed by atoms with van der Waals surface area (Å²) in [6, 6.07) is 6.59. The zero-order valence-corrected chi connectivity index (χ0v) is 15.1. The van der Waals surface area contributed by atoms with Gasteiger partial charge in [0.05, 0.1) is 0 Å². The first-order valence-corrected chi connectivity index (χ1v) is 9.59. The molecule has 4 rings (SSSR count). The molecule has 3 aliphatic carbocycles. The largest absolute Gasteiger partial charge is 0.490 e. The summed E-state index contributed by atoms with van der Waals surface area (Å²) in [5.41, 5.74) is 1.91. The Morgan fingerprint density at radius 2 is 2.20 bits per heavy atom. The molecule has 2 saturated carbocycles. The van der Waals surface area contributed by atoms with E-state index in [9.17, 15) is 5.11 Å². The summed E-state index contributed by atoms with van der Waals surface area (Å²) in [6.07, 6.45) is 13.8. The average Bonchev–Trinajstić information content (AvgIpc) is 2.91. The lowest BCUT2D eigenvalue weighted by atomic mass is 9.53. The van der Waals surface area contributed by atoms with Crippen molar-refractivity contribution >= 4 is 0 Å². The number of aliphatic hydroxyl groups is 1. The SMILES string of the molecule is C#CC1(O)CCC2C3CCc4cc(OCC=C)ccc4C3CCC21C. The number of ether oxygens (including phenoxy) is 1. The van der Waals surface area contributed by atoms with Crippen LogP contribution >= 0.6 is 0 Å². The molecular formula is C23H28O2. The molecule has 0 spiro atoms. The third-order valence-corrected chi connectivity index (χ3v) is 7.46. The predicted octanol–water partition coefficient (Wildman–Crippen LogP) is 4.47. The van der Waals surface area contributed by atoms with Crippen LogP contribution in [0.25, 0.3) is 0 Å². The minimum absolute atomic E-state index is 0.118. The van der Waals surface area contributed by atoms with Gasteiger partial charge in [-0.05, 0) is 79.5 Å². The molecule has 1 N–H and O–H groups in total. The Hall–Kier alpha value is -1.72. The van der Waals surface area contributed by atoms with Gasteiger partial charge in [-0.2, -0.15) is 0 Å². The smallest absolute Gasteiger partial charge is 0.130 e. The fourth-order valence-corrected chi connectivity index (χ4v) is 6.06. The number of aryl methyl sites for hydroxylation is 1. The van der Waals surface area contributed by atoms with Crippen LogP contribution in [0.15, 0.2) is 30.9 Å². The summed E-state index contributed by atoms with van der Waals surface area (Å²) in [4.78, 5) is 0. The molecule has 1 aromatic rings. The number of fused-ring (bicyclic) bond motifs is 5. The van der Waals surface area contributed by atoms with Crippen molar-refractivity contribution in [3.8, 4) is 18.1 Å². The van der Waals surface area contributed by atoms with Crippen LogP contribution in [-0.2, 0) is 6.42 Å². The quantitative estimate of drug-likeness (QED) is 0.652. The van der Waals surface area contributed by atoms with Crippen LogP contribution in [0, 0.1) is 29.6 Å². The standard InChI is InChI=1S/C23H28O2/c1-4-14-25-17-7-9-18-16(15-17)6-8-20-19(18)10-12-22(3)21(20)11-13-23(22,24)5-2/h2,4,7,9,15,19-21,24H,1,6,8,10-14H2,3H3. The first-order chi connectivity index (χ1) is 12.0. The topological polar surface area (TPSA) is 29.5 Å². The van der Waals surface area contributed by atoms with Crippen LogP contribution in [0.4, 0.5) is 0 Å². The highest BCUT2D eigenvalue weighted by molar-refractivity contribution is 5.41. The molecule has 2 fully saturated rings. The van der Waals surface area contributed by atoms with Crippen LogP contribution in [0.2, 0.25) is 0 Å². The molecular weight excluding hydrogens is 308 g/mol. The van der Waals surface area contributed by atoms with Gasteiger partial charge in [-0.3, -0.25) is 0 Å². The Labute approximate surface area is 151 Å². The second-order valence-electron chi connectivity index (χ2n) is 8.38. The van der Waals surface area contributed by atoms with E-state index in [4.69, 9.17) is 11.2 Å². The minimum Gasteiger partial charge on any atom is -0.490 e. The molecule has 2 nitrogen and oxygen atoms in total. The summed E-state index contributed by atoms with van der Waals surface area (Å²) in [7, 11) is 0. The Morgan fingerprint density at radius 3 is 2.96 bits per heavy atom. The number of benzene rings is 1. The lowest BCUT2D eigenvalue weighted by Crippen LogP contribution is -2.50. The fourth-order valence-electron chi connectivity index (χ4n) is 6.06. The highest BCUT2D eigenvalue weighted by atomic mass is 16.5. The molecule has 0 radical (unpaired) electrons. The summed E-state index contributed by atoms with van der Waals surface area (Å²) in [5.74, 6) is 5.49. The highest BCUT2D eigenvalue weighted by Gasteiger charge is 2.61. The van der Waals surface area contributed by atoms with Gasteiger partial charge in [-0.1, -0.05) is 31.6 Å². The van der Waals surface area contributed by atoms with Crippen molar-refractivity contribution in [3.05, 3.63) is 42.0 Å². The molecule has 3 aliphatic rings. The summed E-state index contributed by atoms with van der Waals surface area (Å²) >= 11 is 0. The first-order valence-electron chi connectivity index (χ1n) is 9.59. The zero-order valence-electron chi connectivity index (χ0n) is 15.1. The fraction of sp³-hybridized carbons (Fsp3) is 0.565. The van der Waals surface area contributed by atoms with Gasteiger partial charge in [-0.25, -0.2) is 0 Å². The van der Waals surface area contributed by atoms with Gasteiger partial charge < -0.3 is 9.84 Å². The van der Waals surface area contributed by atoms with Crippen LogP contribution in [-0.4, -0.2) is 17.3 Å². The molecule has 0 aromatic heterocycles. The van der Waals surface area contributed by atoms with Gasteiger partial charge in [-0.15, -0.1) is 6.42 Å². The third kappa shape index (κ3) is 2.36. The molecule has 0 aliphatic heterocycles. The van der Waals surface area contributed by atoms with E-state index in [0.29, 0.717) is 24.4 Å². The highest BCUT2D eigenvalue weighted by Crippen LogP contribution is 2.64. The Kier molecular flexibility index (Phi) is 3.96. The maximum atomic E-state index is 11.0. The molecule has 5 unspecified atom stereocenters. The van der Waals surface area contributed by atoms with Gasteiger partial charge in [0.25, 0.3) is 0 Å². The molecule has 0 heterocycles. The Bertz CT molecular complexity index is 730. The molecule has 132 valence electrons. The van der Waals surface area contributed by atoms with E-state index in [2.05, 4.69) is 37.6 Å². The van der Waals surface area contributed by atoms with E-state index in [-0.39, 0.29) is 5.41 Å². The van der Waals surface area contributed by atoms with Crippen LogP contribution < -0.4 is 4.74 Å². The summed E-state index contributed by atoms with van der Waals surface area (Å²) < 4.78 is 5.71. The van der Waals surface area contributed by atoms with Gasteiger partial charge in [0.15, 0.2) is 0 Å². The van der Waals surface area contributed by atoms with Crippen LogP contribution in [0.5, 0.6) is 5.75 Å². The van der Waals surface area contributed by atoms with Crippen molar-refractivity contribution in [2.45, 2.75) is 57.0 Å². The van der Waals surface area contributed by atoms with Crippen molar-refractivity contribution < 1.29 is 9.84 Å². The number of hydrogen-bond acceptors (Lipinski definition) is 2. The minimum atomic E-state index is -0.911. The summed E-state index contributed by atoms with van der Waals surface area (Å²) in [6.45, 7) is 6.50. The van der Waals surface area contributed by atoms with E-state index >= 15 is 0 Å². The molecule has 2 heteroatoms. The molecule has 0 bridgehead atoms. The van der Waals surface area contributed by atoms with Crippen LogP contribution in [0.3, 0.4) is 0 Å². The van der Waals surface area contributed by atoms with E-state index < -0.39 is 5.60 Å². The summed E-state index contributed by atoms with van der Waals surface area (Å²) in [5, 5.41) is 11.0. The molecule has 0 amide bonds. The number of hydrogen-bond donors (Lipinski definition) is 1. The first kappa shape index (κ1) is 16.7. The van der Waals surface area contributed by atoms with E-state index in [1.165, 1.54) is 17.5 Å². The monoisotopic (exact) mass is 336 g/mol. The maximum absolute atomic E-state index is 11.0. The van der Waals surface area contributed by atoms with Gasteiger partial charge in [0.2, 0.25) is 0 Å². The predicted molar refractivity (Wildman–Crippen MR) is 101 cm³/mol. The van der Waals surface area contributed by atoms with Gasteiger partial charge in [0, 0.05) is 5.41 Å². The molecule has 0 saturated heterocycles. The second kappa shape index (κ2) is 5.92. The van der Waals surface area contributed by atoms with Crippen molar-refractivity contribution in [1.29, 1.82) is 0 Å². The van der Waals surface area contributed by atoms with Crippen LogP contribution in [0.1, 0.15) is 56.1 Å². The zero-order chi connectivity index (χ0) is 17.7. The number of rotatable bonds is 3. The molecule has 25 heavy (non-hydrogen) atoms. The van der Waals surface area contributed by atoms with E-state index in [1.54, 1.807) is 6.08 Å². The maximum Gasteiger partial charge on any atom is 0.130 e. The third-order valence-electron chi connectivity index (χ3n) is 7.46. The van der Waals surface area contributed by atoms with Crippen molar-refractivity contribution in [2.75, 3.05) is 6.61 Å². The van der Waals surface area contributed by atoms with Crippen molar-refractivity contribution in [1.82, 2.24) is 0 Å². The lowest BCUT2D eigenvalue weighted by molar-refractivity contribution is -0.0646. The Balaban J connectivity index is 1.63. The second-order valence-corrected chi connectivity index (χ2v) is 8.38. The normalized spacial score (nSPS) is 38.8. The molecule has 1 aromatic carbocycles. The average molecular weight is 336 g/mol. The van der Waals surface area contributed by atoms with E-state index in [0.717, 1.165) is 37.9 Å². The van der Waals surface area contributed by atoms with Crippen molar-refractivity contribution in [3.63, 3.8) is 0 Å². The van der Waals surface area contributed by atoms with Crippen molar-refractivity contribution in [2.24, 2.45) is 17.3 Å².